The third kappa shape index (κ3) is 4.93. The highest BCUT2D eigenvalue weighted by Crippen LogP contribution is 2.44. The Kier molecular flexibility index (Phi) is 7.20. The minimum absolute atomic E-state index is 0.00355. The Morgan fingerprint density at radius 3 is 2.29 bits per heavy atom. The summed E-state index contributed by atoms with van der Waals surface area (Å²) in [5.41, 5.74) is 4.69. The summed E-state index contributed by atoms with van der Waals surface area (Å²) in [6.07, 6.45) is 2.03. The number of carboxylic acids is 1. The van der Waals surface area contributed by atoms with E-state index in [-0.39, 0.29) is 36.8 Å². The van der Waals surface area contributed by atoms with Crippen LogP contribution in [0.15, 0.2) is 48.5 Å². The van der Waals surface area contributed by atoms with E-state index in [1.54, 1.807) is 14.0 Å². The van der Waals surface area contributed by atoms with Crippen LogP contribution in [-0.4, -0.2) is 54.7 Å². The Hall–Kier alpha value is -3.35. The molecule has 0 aromatic heterocycles. The summed E-state index contributed by atoms with van der Waals surface area (Å²) in [6.45, 7) is 2.40. The summed E-state index contributed by atoms with van der Waals surface area (Å²) in [4.78, 5) is 38.0. The van der Waals surface area contributed by atoms with Crippen LogP contribution >= 0.6 is 0 Å². The van der Waals surface area contributed by atoms with Crippen molar-refractivity contribution in [3.05, 3.63) is 59.7 Å². The molecule has 7 heteroatoms. The van der Waals surface area contributed by atoms with E-state index >= 15 is 0 Å². The normalized spacial score (nSPS) is 19.7. The van der Waals surface area contributed by atoms with Gasteiger partial charge in [0.25, 0.3) is 0 Å². The SMILES string of the molecule is CC(CN(C)C(=O)[C@@H]1CCC[C@@H]1CNC(=O)OCC1c2ccccc2-c2ccccc21)C(=O)O. The minimum Gasteiger partial charge on any atom is -0.481 e. The zero-order chi connectivity index (χ0) is 24.2. The van der Waals surface area contributed by atoms with E-state index in [0.29, 0.717) is 6.54 Å². The van der Waals surface area contributed by atoms with Crippen molar-refractivity contribution in [1.82, 2.24) is 10.2 Å². The number of rotatable bonds is 8. The lowest BCUT2D eigenvalue weighted by Crippen LogP contribution is -2.41. The second-order valence-corrected chi connectivity index (χ2v) is 9.46. The molecule has 34 heavy (non-hydrogen) atoms. The van der Waals surface area contributed by atoms with Crippen molar-refractivity contribution in [3.63, 3.8) is 0 Å². The van der Waals surface area contributed by atoms with E-state index in [9.17, 15) is 14.4 Å². The topological polar surface area (TPSA) is 95.9 Å². The first-order valence-corrected chi connectivity index (χ1v) is 11.9. The summed E-state index contributed by atoms with van der Waals surface area (Å²) in [6, 6.07) is 16.4. The smallest absolute Gasteiger partial charge is 0.407 e. The Balaban J connectivity index is 1.30. The van der Waals surface area contributed by atoms with Gasteiger partial charge in [0.15, 0.2) is 0 Å². The van der Waals surface area contributed by atoms with Gasteiger partial charge in [-0.15, -0.1) is 0 Å². The van der Waals surface area contributed by atoms with Gasteiger partial charge in [0, 0.05) is 32.0 Å². The molecule has 1 saturated carbocycles. The van der Waals surface area contributed by atoms with Crippen molar-refractivity contribution < 1.29 is 24.2 Å². The number of aliphatic carboxylic acids is 1. The van der Waals surface area contributed by atoms with E-state index in [2.05, 4.69) is 29.6 Å². The average molecular weight is 465 g/mol. The summed E-state index contributed by atoms with van der Waals surface area (Å²) in [5.74, 6) is -1.77. The van der Waals surface area contributed by atoms with Gasteiger partial charge >= 0.3 is 12.1 Å². The van der Waals surface area contributed by atoms with Crippen molar-refractivity contribution in [2.75, 3.05) is 26.7 Å². The summed E-state index contributed by atoms with van der Waals surface area (Å²) >= 11 is 0. The Morgan fingerprint density at radius 1 is 1.06 bits per heavy atom. The van der Waals surface area contributed by atoms with Crippen LogP contribution in [0.2, 0.25) is 0 Å². The first-order valence-electron chi connectivity index (χ1n) is 11.9. The molecule has 2 aliphatic carbocycles. The van der Waals surface area contributed by atoms with Crippen LogP contribution in [0.1, 0.15) is 43.2 Å². The van der Waals surface area contributed by atoms with Crippen molar-refractivity contribution >= 4 is 18.0 Å². The minimum atomic E-state index is -0.917. The molecule has 1 unspecified atom stereocenters. The Bertz CT molecular complexity index is 1020. The quantitative estimate of drug-likeness (QED) is 0.613. The number of benzene rings is 2. The molecular formula is C27H32N2O5. The number of hydrogen-bond acceptors (Lipinski definition) is 4. The maximum atomic E-state index is 12.9. The number of carbonyl (C=O) groups is 3. The molecule has 2 aliphatic rings. The van der Waals surface area contributed by atoms with Gasteiger partial charge in [0.1, 0.15) is 6.61 Å². The number of alkyl carbamates (subject to hydrolysis) is 1. The number of amides is 2. The van der Waals surface area contributed by atoms with Gasteiger partial charge in [-0.05, 0) is 41.0 Å². The number of carboxylic acid groups (broad SMARTS) is 1. The van der Waals surface area contributed by atoms with Gasteiger partial charge in [-0.3, -0.25) is 9.59 Å². The second kappa shape index (κ2) is 10.3. The summed E-state index contributed by atoms with van der Waals surface area (Å²) in [7, 11) is 1.65. The lowest BCUT2D eigenvalue weighted by Gasteiger charge is -2.26. The number of nitrogens with one attached hydrogen (secondary N) is 1. The molecule has 1 fully saturated rings. The van der Waals surface area contributed by atoms with Crippen molar-refractivity contribution in [2.45, 2.75) is 32.1 Å². The Morgan fingerprint density at radius 2 is 1.68 bits per heavy atom. The second-order valence-electron chi connectivity index (χ2n) is 9.46. The number of hydrogen-bond donors (Lipinski definition) is 2. The molecule has 2 aromatic carbocycles. The Labute approximate surface area is 200 Å². The van der Waals surface area contributed by atoms with Gasteiger partial charge in [0.05, 0.1) is 5.92 Å². The van der Waals surface area contributed by atoms with E-state index in [0.717, 1.165) is 30.4 Å². The van der Waals surface area contributed by atoms with E-state index in [4.69, 9.17) is 9.84 Å². The summed E-state index contributed by atoms with van der Waals surface area (Å²) in [5, 5.41) is 12.0. The lowest BCUT2D eigenvalue weighted by molar-refractivity contribution is -0.143. The molecule has 2 aromatic rings. The van der Waals surface area contributed by atoms with E-state index < -0.39 is 18.0 Å². The van der Waals surface area contributed by atoms with E-state index in [1.165, 1.54) is 16.0 Å². The summed E-state index contributed by atoms with van der Waals surface area (Å²) < 4.78 is 5.61. The largest absolute Gasteiger partial charge is 0.481 e. The highest BCUT2D eigenvalue weighted by molar-refractivity contribution is 5.80. The predicted molar refractivity (Wildman–Crippen MR) is 128 cm³/mol. The number of ether oxygens (including phenoxy) is 1. The van der Waals surface area contributed by atoms with Crippen molar-refractivity contribution in [3.8, 4) is 11.1 Å². The molecule has 0 radical (unpaired) electrons. The van der Waals surface area contributed by atoms with Crippen molar-refractivity contribution in [1.29, 1.82) is 0 Å². The fourth-order valence-corrected chi connectivity index (χ4v) is 5.33. The standard InChI is InChI=1S/C27H32N2O5/c1-17(26(31)32)15-29(2)25(30)19-13-7-8-18(19)14-28-27(33)34-16-24-22-11-5-3-9-20(22)21-10-4-6-12-23(21)24/h3-6,9-12,17-19,24H,7-8,13-16H2,1-2H3,(H,28,33)(H,31,32)/t17?,18-,19-/m1/s1. The molecule has 0 saturated heterocycles. The highest BCUT2D eigenvalue weighted by Gasteiger charge is 2.35. The molecule has 0 spiro atoms. The van der Waals surface area contributed by atoms with Crippen LogP contribution in [-0.2, 0) is 14.3 Å². The van der Waals surface area contributed by atoms with Crippen LogP contribution in [0.4, 0.5) is 4.79 Å². The first kappa shape index (κ1) is 23.8. The molecule has 2 amide bonds. The zero-order valence-corrected chi connectivity index (χ0v) is 19.7. The van der Waals surface area contributed by atoms with Gasteiger partial charge in [-0.2, -0.15) is 0 Å². The van der Waals surface area contributed by atoms with Crippen molar-refractivity contribution in [2.24, 2.45) is 17.8 Å². The van der Waals surface area contributed by atoms with Gasteiger partial charge in [-0.1, -0.05) is 61.9 Å². The van der Waals surface area contributed by atoms with Crippen LogP contribution < -0.4 is 5.32 Å². The fourth-order valence-electron chi connectivity index (χ4n) is 5.33. The van der Waals surface area contributed by atoms with Gasteiger partial charge in [0.2, 0.25) is 5.91 Å². The average Bonchev–Trinajstić information content (AvgIpc) is 3.43. The molecule has 2 N–H and O–H groups in total. The fraction of sp³-hybridized carbons (Fsp3) is 0.444. The van der Waals surface area contributed by atoms with Crippen LogP contribution in [0, 0.1) is 17.8 Å². The molecule has 4 rings (SSSR count). The number of carbonyl (C=O) groups excluding carboxylic acids is 2. The van der Waals surface area contributed by atoms with Crippen LogP contribution in [0.5, 0.6) is 0 Å². The first-order chi connectivity index (χ1) is 16.4. The monoisotopic (exact) mass is 464 g/mol. The molecular weight excluding hydrogens is 432 g/mol. The van der Waals surface area contributed by atoms with Gasteiger partial charge in [-0.25, -0.2) is 4.79 Å². The van der Waals surface area contributed by atoms with E-state index in [1.807, 2.05) is 24.3 Å². The highest BCUT2D eigenvalue weighted by atomic mass is 16.5. The molecule has 0 heterocycles. The maximum absolute atomic E-state index is 12.9. The maximum Gasteiger partial charge on any atom is 0.407 e. The third-order valence-electron chi connectivity index (χ3n) is 7.17. The van der Waals surface area contributed by atoms with Gasteiger partial charge < -0.3 is 20.1 Å². The van der Waals surface area contributed by atoms with Crippen LogP contribution in [0.25, 0.3) is 11.1 Å². The molecule has 3 atom stereocenters. The number of nitrogens with zero attached hydrogens (tertiary/aromatic N) is 1. The molecule has 180 valence electrons. The molecule has 0 aliphatic heterocycles. The number of fused-ring (bicyclic) bond motifs is 3. The molecule has 0 bridgehead atoms. The third-order valence-corrected chi connectivity index (χ3v) is 7.17. The molecule has 7 nitrogen and oxygen atoms in total. The van der Waals surface area contributed by atoms with Crippen LogP contribution in [0.3, 0.4) is 0 Å². The predicted octanol–water partition coefficient (Wildman–Crippen LogP) is 4.12. The zero-order valence-electron chi connectivity index (χ0n) is 19.7. The lowest BCUT2D eigenvalue weighted by atomic mass is 9.94.